The number of halogens is 3. The van der Waals surface area contributed by atoms with Gasteiger partial charge in [0.2, 0.25) is 0 Å². The van der Waals surface area contributed by atoms with Gasteiger partial charge in [0.1, 0.15) is 11.6 Å². The molecule has 0 aliphatic heterocycles. The van der Waals surface area contributed by atoms with Crippen molar-refractivity contribution in [3.05, 3.63) is 33.8 Å². The molecule has 0 radical (unpaired) electrons. The minimum Gasteiger partial charge on any atom is -0.271 e. The van der Waals surface area contributed by atoms with Crippen LogP contribution in [0.1, 0.15) is 51.1 Å². The van der Waals surface area contributed by atoms with Crippen LogP contribution in [-0.2, 0) is 0 Å². The summed E-state index contributed by atoms with van der Waals surface area (Å²) in [5, 5.41) is 0. The number of benzene rings is 1. The lowest BCUT2D eigenvalue weighted by atomic mass is 9.70. The second-order valence-electron chi connectivity index (χ2n) is 6.40. The molecule has 3 N–H and O–H groups in total. The highest BCUT2D eigenvalue weighted by atomic mass is 79.9. The number of hydrogen-bond donors (Lipinski definition) is 2. The third kappa shape index (κ3) is 3.21. The zero-order valence-corrected chi connectivity index (χ0v) is 13.4. The molecular weight excluding hydrogens is 326 g/mol. The van der Waals surface area contributed by atoms with Crippen molar-refractivity contribution in [1.82, 2.24) is 5.43 Å². The van der Waals surface area contributed by atoms with Crippen molar-refractivity contribution in [2.45, 2.75) is 45.6 Å². The summed E-state index contributed by atoms with van der Waals surface area (Å²) in [6, 6.07) is 2.18. The van der Waals surface area contributed by atoms with E-state index in [-0.39, 0.29) is 16.0 Å². The Morgan fingerprint density at radius 3 is 2.45 bits per heavy atom. The van der Waals surface area contributed by atoms with Crippen molar-refractivity contribution >= 4 is 15.9 Å². The summed E-state index contributed by atoms with van der Waals surface area (Å²) in [6.45, 7) is 4.46. The van der Waals surface area contributed by atoms with E-state index < -0.39 is 17.7 Å². The van der Waals surface area contributed by atoms with Gasteiger partial charge in [0.15, 0.2) is 0 Å². The first-order valence-electron chi connectivity index (χ1n) is 6.95. The highest BCUT2D eigenvalue weighted by Crippen LogP contribution is 2.43. The minimum atomic E-state index is -0.558. The second-order valence-corrected chi connectivity index (χ2v) is 7.26. The average molecular weight is 347 g/mol. The molecule has 1 aliphatic rings. The summed E-state index contributed by atoms with van der Waals surface area (Å²) < 4.78 is 28.5. The molecule has 0 saturated heterocycles. The van der Waals surface area contributed by atoms with E-state index in [9.17, 15) is 8.78 Å². The molecule has 0 bridgehead atoms. The summed E-state index contributed by atoms with van der Waals surface area (Å²) in [5.74, 6) is 4.65. The van der Waals surface area contributed by atoms with Crippen molar-refractivity contribution in [2.24, 2.45) is 17.2 Å². The molecule has 1 unspecified atom stereocenters. The minimum absolute atomic E-state index is 0.0478. The first-order chi connectivity index (χ1) is 9.35. The standard InChI is InChI=1S/C15H21BrF2N2/c1-15(2)7-5-9(6-8-15)14(20-19)12-11(17)4-3-10(16)13(12)18/h3-4,9,14,20H,5-8,19H2,1-2H3. The van der Waals surface area contributed by atoms with Gasteiger partial charge in [-0.15, -0.1) is 0 Å². The molecular formula is C15H21BrF2N2. The maximum absolute atomic E-state index is 14.2. The van der Waals surface area contributed by atoms with E-state index in [2.05, 4.69) is 35.2 Å². The molecule has 1 atom stereocenters. The van der Waals surface area contributed by atoms with Crippen LogP contribution in [0.3, 0.4) is 0 Å². The van der Waals surface area contributed by atoms with E-state index in [0.717, 1.165) is 25.7 Å². The van der Waals surface area contributed by atoms with Gasteiger partial charge in [0.05, 0.1) is 10.5 Å². The Balaban J connectivity index is 2.28. The number of hydrazine groups is 1. The summed E-state index contributed by atoms with van der Waals surface area (Å²) in [5.41, 5.74) is 2.98. The number of nitrogens with two attached hydrogens (primary N) is 1. The fourth-order valence-corrected chi connectivity index (χ4v) is 3.38. The summed E-state index contributed by atoms with van der Waals surface area (Å²) >= 11 is 3.11. The molecule has 1 saturated carbocycles. The Bertz CT molecular complexity index is 481. The maximum Gasteiger partial charge on any atom is 0.145 e. The third-order valence-corrected chi connectivity index (χ3v) is 5.04. The molecule has 0 aromatic heterocycles. The molecule has 0 amide bonds. The van der Waals surface area contributed by atoms with Crippen molar-refractivity contribution in [2.75, 3.05) is 0 Å². The van der Waals surface area contributed by atoms with Gasteiger partial charge < -0.3 is 0 Å². The molecule has 2 nitrogen and oxygen atoms in total. The highest BCUT2D eigenvalue weighted by molar-refractivity contribution is 9.10. The first-order valence-corrected chi connectivity index (χ1v) is 7.74. The van der Waals surface area contributed by atoms with Gasteiger partial charge >= 0.3 is 0 Å². The molecule has 1 fully saturated rings. The molecule has 20 heavy (non-hydrogen) atoms. The zero-order valence-electron chi connectivity index (χ0n) is 11.8. The Kier molecular flexibility index (Phi) is 4.82. The molecule has 1 aromatic rings. The van der Waals surface area contributed by atoms with Gasteiger partial charge in [-0.25, -0.2) is 8.78 Å². The molecule has 0 spiro atoms. The van der Waals surface area contributed by atoms with Crippen molar-refractivity contribution in [3.63, 3.8) is 0 Å². The number of rotatable bonds is 3. The van der Waals surface area contributed by atoms with Crippen LogP contribution in [-0.4, -0.2) is 0 Å². The Morgan fingerprint density at radius 2 is 1.90 bits per heavy atom. The fourth-order valence-electron chi connectivity index (χ4n) is 3.04. The molecule has 1 aromatic carbocycles. The van der Waals surface area contributed by atoms with Crippen LogP contribution in [0.15, 0.2) is 16.6 Å². The Labute approximate surface area is 127 Å². The van der Waals surface area contributed by atoms with Crippen LogP contribution in [0.4, 0.5) is 8.78 Å². The zero-order chi connectivity index (χ0) is 14.9. The topological polar surface area (TPSA) is 38.0 Å². The van der Waals surface area contributed by atoms with Crippen LogP contribution in [0.25, 0.3) is 0 Å². The van der Waals surface area contributed by atoms with E-state index in [0.29, 0.717) is 5.41 Å². The predicted molar refractivity (Wildman–Crippen MR) is 79.9 cm³/mol. The van der Waals surface area contributed by atoms with Gasteiger partial charge in [-0.3, -0.25) is 11.3 Å². The SMILES string of the molecule is CC1(C)CCC(C(NN)c2c(F)ccc(Br)c2F)CC1. The number of nitrogens with one attached hydrogen (secondary N) is 1. The maximum atomic E-state index is 14.2. The molecule has 112 valence electrons. The Hall–Kier alpha value is -0.520. The van der Waals surface area contributed by atoms with Crippen LogP contribution in [0, 0.1) is 23.0 Å². The van der Waals surface area contributed by atoms with E-state index in [1.54, 1.807) is 0 Å². The van der Waals surface area contributed by atoms with E-state index in [1.807, 2.05) is 0 Å². The predicted octanol–water partition coefficient (Wildman–Crippen LogP) is 4.45. The molecule has 0 heterocycles. The first kappa shape index (κ1) is 15.9. The van der Waals surface area contributed by atoms with E-state index in [1.165, 1.54) is 12.1 Å². The van der Waals surface area contributed by atoms with E-state index in [4.69, 9.17) is 5.84 Å². The van der Waals surface area contributed by atoms with Crippen molar-refractivity contribution < 1.29 is 8.78 Å². The van der Waals surface area contributed by atoms with Crippen molar-refractivity contribution in [1.29, 1.82) is 0 Å². The van der Waals surface area contributed by atoms with Gasteiger partial charge in [0, 0.05) is 5.56 Å². The number of hydrogen-bond acceptors (Lipinski definition) is 2. The quantitative estimate of drug-likeness (QED) is 0.482. The lowest BCUT2D eigenvalue weighted by Gasteiger charge is -2.38. The van der Waals surface area contributed by atoms with Crippen LogP contribution in [0.2, 0.25) is 0 Å². The largest absolute Gasteiger partial charge is 0.271 e. The summed E-state index contributed by atoms with van der Waals surface area (Å²) in [7, 11) is 0. The Morgan fingerprint density at radius 1 is 1.30 bits per heavy atom. The van der Waals surface area contributed by atoms with Crippen LogP contribution in [0.5, 0.6) is 0 Å². The normalized spacial score (nSPS) is 20.9. The van der Waals surface area contributed by atoms with Gasteiger partial charge in [-0.05, 0) is 65.1 Å². The molecule has 1 aliphatic carbocycles. The van der Waals surface area contributed by atoms with Crippen LogP contribution < -0.4 is 11.3 Å². The average Bonchev–Trinajstić information content (AvgIpc) is 2.40. The lowest BCUT2D eigenvalue weighted by molar-refractivity contribution is 0.158. The lowest BCUT2D eigenvalue weighted by Crippen LogP contribution is -2.37. The van der Waals surface area contributed by atoms with Crippen LogP contribution >= 0.6 is 15.9 Å². The van der Waals surface area contributed by atoms with Crippen molar-refractivity contribution in [3.8, 4) is 0 Å². The second kappa shape index (κ2) is 6.08. The molecule has 2 rings (SSSR count). The van der Waals surface area contributed by atoms with Gasteiger partial charge in [0.25, 0.3) is 0 Å². The van der Waals surface area contributed by atoms with E-state index >= 15 is 0 Å². The van der Waals surface area contributed by atoms with Gasteiger partial charge in [-0.2, -0.15) is 0 Å². The third-order valence-electron chi connectivity index (χ3n) is 4.43. The monoisotopic (exact) mass is 346 g/mol. The summed E-state index contributed by atoms with van der Waals surface area (Å²) in [6.07, 6.45) is 3.95. The van der Waals surface area contributed by atoms with Gasteiger partial charge in [-0.1, -0.05) is 13.8 Å². The fraction of sp³-hybridized carbons (Fsp3) is 0.600. The molecule has 5 heteroatoms. The highest BCUT2D eigenvalue weighted by Gasteiger charge is 2.34. The summed E-state index contributed by atoms with van der Waals surface area (Å²) in [4.78, 5) is 0. The smallest absolute Gasteiger partial charge is 0.145 e.